The fraction of sp³-hybridized carbons (Fsp3) is 0. The van der Waals surface area contributed by atoms with Crippen LogP contribution in [0.5, 0.6) is 0 Å². The second-order valence-corrected chi connectivity index (χ2v) is 5.20. The lowest BCUT2D eigenvalue weighted by atomic mass is 10.1. The molecule has 120 valence electrons. The Hall–Kier alpha value is -3.13. The maximum atomic E-state index is 13.9. The van der Waals surface area contributed by atoms with Gasteiger partial charge < -0.3 is 5.11 Å². The molecule has 2 N–H and O–H groups in total. The number of rotatable bonds is 4. The molecule has 3 aromatic rings. The lowest BCUT2D eigenvalue weighted by molar-refractivity contribution is 0.0697. The number of benzene rings is 2. The zero-order valence-corrected chi connectivity index (χ0v) is 13.0. The average Bonchev–Trinajstić information content (AvgIpc) is 2.94. The third-order valence-corrected chi connectivity index (χ3v) is 3.51. The van der Waals surface area contributed by atoms with Crippen molar-refractivity contribution in [3.05, 3.63) is 70.2 Å². The van der Waals surface area contributed by atoms with Gasteiger partial charge in [-0.1, -0.05) is 24.3 Å². The summed E-state index contributed by atoms with van der Waals surface area (Å²) in [5, 5.41) is 19.7. The minimum absolute atomic E-state index is 0.180. The Morgan fingerprint density at radius 3 is 2.62 bits per heavy atom. The first-order valence-corrected chi connectivity index (χ1v) is 7.27. The highest BCUT2D eigenvalue weighted by atomic mass is 32.1. The zero-order valence-electron chi connectivity index (χ0n) is 12.2. The van der Waals surface area contributed by atoms with E-state index in [9.17, 15) is 9.18 Å². The maximum Gasteiger partial charge on any atom is 0.335 e. The molecule has 24 heavy (non-hydrogen) atoms. The van der Waals surface area contributed by atoms with Crippen LogP contribution in [0.25, 0.3) is 11.4 Å². The van der Waals surface area contributed by atoms with Gasteiger partial charge in [-0.3, -0.25) is 0 Å². The minimum Gasteiger partial charge on any atom is -0.478 e. The molecule has 0 saturated heterocycles. The van der Waals surface area contributed by atoms with E-state index in [1.165, 1.54) is 29.1 Å². The number of hydrogen-bond acceptors (Lipinski definition) is 4. The second-order valence-electron chi connectivity index (χ2n) is 4.82. The van der Waals surface area contributed by atoms with Gasteiger partial charge in [-0.2, -0.15) is 14.9 Å². The predicted molar refractivity (Wildman–Crippen MR) is 89.2 cm³/mol. The molecule has 0 unspecified atom stereocenters. The summed E-state index contributed by atoms with van der Waals surface area (Å²) in [5.41, 5.74) is 1.12. The van der Waals surface area contributed by atoms with Gasteiger partial charge in [0.15, 0.2) is 5.82 Å². The normalized spacial score (nSPS) is 11.0. The highest BCUT2D eigenvalue weighted by Crippen LogP contribution is 2.20. The van der Waals surface area contributed by atoms with E-state index in [1.54, 1.807) is 30.3 Å². The SMILES string of the molecule is O=C(O)c1ccc(/C=N/n2c(-c3ccccc3F)n[nH]c2=S)cc1. The standard InChI is InChI=1S/C16H11FN4O2S/c17-13-4-2-1-3-12(13)14-19-20-16(24)21(14)18-9-10-5-7-11(8-6-10)15(22)23/h1-9H,(H,20,24)(H,22,23)/b18-9+. The van der Waals surface area contributed by atoms with Crippen molar-refractivity contribution in [1.29, 1.82) is 0 Å². The molecule has 0 aliphatic heterocycles. The molecule has 1 heterocycles. The zero-order chi connectivity index (χ0) is 17.1. The number of aromatic carboxylic acids is 1. The summed E-state index contributed by atoms with van der Waals surface area (Å²) in [5.74, 6) is -1.19. The highest BCUT2D eigenvalue weighted by molar-refractivity contribution is 7.71. The summed E-state index contributed by atoms with van der Waals surface area (Å²) in [6.45, 7) is 0. The fourth-order valence-corrected chi connectivity index (χ4v) is 2.23. The van der Waals surface area contributed by atoms with Crippen LogP contribution >= 0.6 is 12.2 Å². The van der Waals surface area contributed by atoms with Crippen molar-refractivity contribution < 1.29 is 14.3 Å². The number of aromatic amines is 1. The second kappa shape index (κ2) is 6.55. The monoisotopic (exact) mass is 342 g/mol. The van der Waals surface area contributed by atoms with Crippen molar-refractivity contribution in [3.8, 4) is 11.4 Å². The quantitative estimate of drug-likeness (QED) is 0.563. The third kappa shape index (κ3) is 3.13. The van der Waals surface area contributed by atoms with Gasteiger partial charge in [-0.15, -0.1) is 0 Å². The van der Waals surface area contributed by atoms with Gasteiger partial charge in [-0.25, -0.2) is 14.3 Å². The molecule has 3 rings (SSSR count). The Balaban J connectivity index is 1.96. The summed E-state index contributed by atoms with van der Waals surface area (Å²) in [6, 6.07) is 12.3. The summed E-state index contributed by atoms with van der Waals surface area (Å²) in [7, 11) is 0. The van der Waals surface area contributed by atoms with Crippen LogP contribution < -0.4 is 0 Å². The Morgan fingerprint density at radius 2 is 1.96 bits per heavy atom. The van der Waals surface area contributed by atoms with Crippen molar-refractivity contribution in [2.45, 2.75) is 0 Å². The van der Waals surface area contributed by atoms with Crippen LogP contribution in [0.2, 0.25) is 0 Å². The Labute approximate surface area is 140 Å². The number of carbonyl (C=O) groups is 1. The summed E-state index contributed by atoms with van der Waals surface area (Å²) < 4.78 is 15.5. The first kappa shape index (κ1) is 15.8. The summed E-state index contributed by atoms with van der Waals surface area (Å²) >= 11 is 5.12. The predicted octanol–water partition coefficient (Wildman–Crippen LogP) is 3.33. The molecule has 0 aliphatic carbocycles. The van der Waals surface area contributed by atoms with Crippen LogP contribution in [0.3, 0.4) is 0 Å². The molecular formula is C16H11FN4O2S. The molecule has 6 nitrogen and oxygen atoms in total. The van der Waals surface area contributed by atoms with Crippen molar-refractivity contribution in [2.24, 2.45) is 5.10 Å². The number of carboxylic acids is 1. The average molecular weight is 342 g/mol. The van der Waals surface area contributed by atoms with E-state index >= 15 is 0 Å². The molecule has 0 saturated carbocycles. The highest BCUT2D eigenvalue weighted by Gasteiger charge is 2.12. The van der Waals surface area contributed by atoms with E-state index in [1.807, 2.05) is 0 Å². The first-order chi connectivity index (χ1) is 11.6. The molecule has 0 radical (unpaired) electrons. The largest absolute Gasteiger partial charge is 0.478 e. The van der Waals surface area contributed by atoms with E-state index in [4.69, 9.17) is 17.3 Å². The van der Waals surface area contributed by atoms with Crippen LogP contribution in [0.1, 0.15) is 15.9 Å². The van der Waals surface area contributed by atoms with Gasteiger partial charge in [0.1, 0.15) is 5.82 Å². The summed E-state index contributed by atoms with van der Waals surface area (Å²) in [6.07, 6.45) is 1.49. The lowest BCUT2D eigenvalue weighted by Gasteiger charge is -2.02. The topological polar surface area (TPSA) is 83.3 Å². The molecule has 0 atom stereocenters. The number of halogens is 1. The van der Waals surface area contributed by atoms with Gasteiger partial charge >= 0.3 is 5.97 Å². The van der Waals surface area contributed by atoms with Crippen molar-refractivity contribution in [2.75, 3.05) is 0 Å². The van der Waals surface area contributed by atoms with Gasteiger partial charge in [0.05, 0.1) is 17.3 Å². The van der Waals surface area contributed by atoms with Gasteiger partial charge in [0.25, 0.3) is 0 Å². The first-order valence-electron chi connectivity index (χ1n) is 6.86. The van der Waals surface area contributed by atoms with E-state index in [2.05, 4.69) is 15.3 Å². The number of H-pyrrole nitrogens is 1. The Bertz CT molecular complexity index is 976. The molecule has 0 amide bonds. The molecule has 0 bridgehead atoms. The molecule has 1 aromatic heterocycles. The maximum absolute atomic E-state index is 13.9. The number of nitrogens with one attached hydrogen (secondary N) is 1. The lowest BCUT2D eigenvalue weighted by Crippen LogP contribution is -1.98. The van der Waals surface area contributed by atoms with Crippen molar-refractivity contribution in [1.82, 2.24) is 14.9 Å². The van der Waals surface area contributed by atoms with Gasteiger partial charge in [-0.05, 0) is 42.0 Å². The summed E-state index contributed by atoms with van der Waals surface area (Å²) in [4.78, 5) is 10.8. The number of nitrogens with zero attached hydrogens (tertiary/aromatic N) is 3. The molecule has 2 aromatic carbocycles. The minimum atomic E-state index is -1.00. The fourth-order valence-electron chi connectivity index (χ4n) is 2.05. The van der Waals surface area contributed by atoms with Gasteiger partial charge in [0, 0.05) is 0 Å². The molecule has 0 fully saturated rings. The third-order valence-electron chi connectivity index (χ3n) is 3.25. The molecule has 8 heteroatoms. The Kier molecular flexibility index (Phi) is 4.30. The van der Waals surface area contributed by atoms with Crippen LogP contribution in [0.15, 0.2) is 53.6 Å². The van der Waals surface area contributed by atoms with Crippen LogP contribution in [-0.2, 0) is 0 Å². The van der Waals surface area contributed by atoms with Crippen LogP contribution in [0, 0.1) is 10.6 Å². The number of aromatic nitrogens is 3. The van der Waals surface area contributed by atoms with Crippen LogP contribution in [0.4, 0.5) is 4.39 Å². The molecule has 0 aliphatic rings. The van der Waals surface area contributed by atoms with Crippen LogP contribution in [-0.4, -0.2) is 32.2 Å². The number of hydrogen-bond donors (Lipinski definition) is 2. The van der Waals surface area contributed by atoms with Crippen molar-refractivity contribution in [3.63, 3.8) is 0 Å². The van der Waals surface area contributed by atoms with Crippen molar-refractivity contribution >= 4 is 24.4 Å². The van der Waals surface area contributed by atoms with E-state index < -0.39 is 11.8 Å². The van der Waals surface area contributed by atoms with E-state index in [0.717, 1.165) is 0 Å². The smallest absolute Gasteiger partial charge is 0.335 e. The Morgan fingerprint density at radius 1 is 1.25 bits per heavy atom. The number of carboxylic acid groups (broad SMARTS) is 1. The van der Waals surface area contributed by atoms with E-state index in [-0.39, 0.29) is 21.7 Å². The molecule has 0 spiro atoms. The molecular weight excluding hydrogens is 331 g/mol. The van der Waals surface area contributed by atoms with Gasteiger partial charge in [0.2, 0.25) is 4.77 Å². The van der Waals surface area contributed by atoms with E-state index in [0.29, 0.717) is 5.56 Å².